The minimum atomic E-state index is -0.475. The molecule has 1 aliphatic heterocycles. The van der Waals surface area contributed by atoms with Gasteiger partial charge < -0.3 is 9.47 Å². The highest BCUT2D eigenvalue weighted by molar-refractivity contribution is 9.10. The largest absolute Gasteiger partial charge is 0.488 e. The lowest BCUT2D eigenvalue weighted by Gasteiger charge is -2.10. The van der Waals surface area contributed by atoms with Crippen LogP contribution >= 0.6 is 39.5 Å². The highest BCUT2D eigenvalue weighted by Crippen LogP contribution is 2.34. The van der Waals surface area contributed by atoms with Crippen molar-refractivity contribution in [1.29, 1.82) is 0 Å². The molecule has 1 heterocycles. The van der Waals surface area contributed by atoms with Crippen molar-refractivity contribution in [2.45, 2.75) is 13.5 Å². The van der Waals surface area contributed by atoms with E-state index in [4.69, 9.17) is 9.47 Å². The lowest BCUT2D eigenvalue weighted by atomic mass is 10.1. The third-order valence-corrected chi connectivity index (χ3v) is 5.74. The fourth-order valence-corrected chi connectivity index (χ4v) is 4.25. The van der Waals surface area contributed by atoms with E-state index in [1.807, 2.05) is 48.5 Å². The molecule has 0 unspecified atom stereocenters. The van der Waals surface area contributed by atoms with Gasteiger partial charge in [-0.2, -0.15) is 0 Å². The molecule has 0 spiro atoms. The predicted octanol–water partition coefficient (Wildman–Crippen LogP) is 5.89. The number of ether oxygens (including phenoxy) is 2. The molecule has 0 radical (unpaired) electrons. The minimum absolute atomic E-state index is 0.221. The Kier molecular flexibility index (Phi) is 7.36. The summed E-state index contributed by atoms with van der Waals surface area (Å²) in [6.07, 6.45) is 1.67. The summed E-state index contributed by atoms with van der Waals surface area (Å²) in [5.41, 5.74) is 2.03. The van der Waals surface area contributed by atoms with Gasteiger partial charge in [0.2, 0.25) is 5.12 Å². The Bertz CT molecular complexity index is 944. The summed E-state index contributed by atoms with van der Waals surface area (Å²) in [6, 6.07) is 15.4. The Morgan fingerprint density at radius 1 is 1.25 bits per heavy atom. The number of carbonyl (C=O) groups excluding carboxylic acids is 2. The highest BCUT2D eigenvalue weighted by Gasteiger charge is 2.25. The molecule has 0 bridgehead atoms. The summed E-state index contributed by atoms with van der Waals surface area (Å²) in [7, 11) is 0. The molecule has 0 N–H and O–H groups in total. The van der Waals surface area contributed by atoms with Crippen LogP contribution in [0.25, 0.3) is 6.08 Å². The number of thioether (sulfide) groups is 2. The Labute approximate surface area is 179 Å². The number of nitrogens with zero attached hydrogens (tertiary/aromatic N) is 1. The number of carbonyl (C=O) groups is 2. The van der Waals surface area contributed by atoms with Crippen molar-refractivity contribution in [3.63, 3.8) is 0 Å². The molecule has 144 valence electrons. The zero-order valence-corrected chi connectivity index (χ0v) is 18.1. The number of halogens is 1. The third-order valence-electron chi connectivity index (χ3n) is 3.53. The van der Waals surface area contributed by atoms with Gasteiger partial charge in [0.05, 0.1) is 6.61 Å². The minimum Gasteiger partial charge on any atom is -0.488 e. The molecule has 3 rings (SSSR count). The van der Waals surface area contributed by atoms with Gasteiger partial charge in [-0.3, -0.25) is 4.79 Å². The van der Waals surface area contributed by atoms with Crippen molar-refractivity contribution < 1.29 is 19.1 Å². The third kappa shape index (κ3) is 5.73. The highest BCUT2D eigenvalue weighted by atomic mass is 79.9. The summed E-state index contributed by atoms with van der Waals surface area (Å²) in [5.74, 6) is 0.638. The van der Waals surface area contributed by atoms with Crippen LogP contribution in [-0.2, 0) is 16.1 Å². The van der Waals surface area contributed by atoms with Gasteiger partial charge in [0.25, 0.3) is 0 Å². The standard InChI is InChI=1S/C20H16BrNO4S2/c1-2-25-20(24)28-19-22-16(18(23)27-19)11-14-10-15(21)8-9-17(14)26-12-13-6-4-3-5-7-13/h3-11H,2,12H2,1H3/b16-11+. The van der Waals surface area contributed by atoms with Gasteiger partial charge in [0, 0.05) is 21.8 Å². The van der Waals surface area contributed by atoms with Crippen molar-refractivity contribution in [3.05, 3.63) is 69.8 Å². The smallest absolute Gasteiger partial charge is 0.374 e. The van der Waals surface area contributed by atoms with E-state index in [1.165, 1.54) is 0 Å². The number of aliphatic imine (C=N–C) groups is 1. The maximum Gasteiger partial charge on any atom is 0.374 e. The van der Waals surface area contributed by atoms with Crippen LogP contribution in [0.1, 0.15) is 18.1 Å². The molecule has 0 aliphatic carbocycles. The molecule has 0 fully saturated rings. The normalized spacial score (nSPS) is 14.9. The van der Waals surface area contributed by atoms with Crippen LogP contribution < -0.4 is 4.74 Å². The fourth-order valence-electron chi connectivity index (χ4n) is 2.30. The molecule has 2 aromatic rings. The second kappa shape index (κ2) is 9.95. The van der Waals surface area contributed by atoms with Crippen molar-refractivity contribution >= 4 is 60.3 Å². The second-order valence-electron chi connectivity index (χ2n) is 5.54. The lowest BCUT2D eigenvalue weighted by Crippen LogP contribution is -1.98. The maximum atomic E-state index is 12.3. The molecular formula is C20H16BrNO4S2. The Hall–Kier alpha value is -2.03. The Morgan fingerprint density at radius 2 is 2.04 bits per heavy atom. The first kappa shape index (κ1) is 20.7. The summed E-state index contributed by atoms with van der Waals surface area (Å²) >= 11 is 5.18. The first-order valence-corrected chi connectivity index (χ1v) is 10.8. The van der Waals surface area contributed by atoms with Crippen molar-refractivity contribution in [2.24, 2.45) is 4.99 Å². The lowest BCUT2D eigenvalue weighted by molar-refractivity contribution is -0.107. The average Bonchev–Trinajstić information content (AvgIpc) is 3.01. The van der Waals surface area contributed by atoms with E-state index in [-0.39, 0.29) is 17.4 Å². The maximum absolute atomic E-state index is 12.3. The van der Waals surface area contributed by atoms with Gasteiger partial charge in [-0.05, 0) is 48.5 Å². The number of rotatable bonds is 5. The van der Waals surface area contributed by atoms with E-state index in [9.17, 15) is 9.59 Å². The van der Waals surface area contributed by atoms with Crippen LogP contribution in [0.2, 0.25) is 0 Å². The first-order chi connectivity index (χ1) is 13.5. The van der Waals surface area contributed by atoms with Crippen LogP contribution in [0.4, 0.5) is 4.79 Å². The molecule has 0 saturated heterocycles. The first-order valence-electron chi connectivity index (χ1n) is 8.38. The van der Waals surface area contributed by atoms with E-state index in [0.29, 0.717) is 16.7 Å². The van der Waals surface area contributed by atoms with E-state index < -0.39 is 5.30 Å². The quantitative estimate of drug-likeness (QED) is 0.395. The molecule has 5 nitrogen and oxygen atoms in total. The topological polar surface area (TPSA) is 65.0 Å². The van der Waals surface area contributed by atoms with Gasteiger partial charge in [-0.25, -0.2) is 9.79 Å². The van der Waals surface area contributed by atoms with Crippen LogP contribution in [0.5, 0.6) is 5.75 Å². The fraction of sp³-hybridized carbons (Fsp3) is 0.150. The summed E-state index contributed by atoms with van der Waals surface area (Å²) in [6.45, 7) is 2.41. The molecule has 2 aromatic carbocycles. The SMILES string of the molecule is CCOC(=O)SC1=N/C(=C/c2cc(Br)ccc2OCc2ccccc2)C(=O)S1. The average molecular weight is 478 g/mol. The zero-order chi connectivity index (χ0) is 19.9. The van der Waals surface area contributed by atoms with E-state index >= 15 is 0 Å². The zero-order valence-electron chi connectivity index (χ0n) is 14.9. The predicted molar refractivity (Wildman–Crippen MR) is 118 cm³/mol. The number of hydrogen-bond donors (Lipinski definition) is 0. The molecule has 0 aromatic heterocycles. The monoisotopic (exact) mass is 477 g/mol. The molecule has 0 atom stereocenters. The van der Waals surface area contributed by atoms with E-state index in [0.717, 1.165) is 39.1 Å². The number of hydrogen-bond acceptors (Lipinski definition) is 7. The molecule has 0 amide bonds. The van der Waals surface area contributed by atoms with Crippen molar-refractivity contribution in [3.8, 4) is 5.75 Å². The summed E-state index contributed by atoms with van der Waals surface area (Å²) in [5, 5.41) is -0.696. The van der Waals surface area contributed by atoms with E-state index in [1.54, 1.807) is 13.0 Å². The van der Waals surface area contributed by atoms with Gasteiger partial charge in [-0.15, -0.1) is 0 Å². The van der Waals surface area contributed by atoms with E-state index in [2.05, 4.69) is 20.9 Å². The van der Waals surface area contributed by atoms with Crippen LogP contribution in [0.15, 0.2) is 63.7 Å². The van der Waals surface area contributed by atoms with Crippen LogP contribution in [-0.4, -0.2) is 21.4 Å². The molecule has 28 heavy (non-hydrogen) atoms. The van der Waals surface area contributed by atoms with Gasteiger partial charge in [0.1, 0.15) is 22.4 Å². The van der Waals surface area contributed by atoms with Gasteiger partial charge in [0.15, 0.2) is 0 Å². The molecule has 8 heteroatoms. The molecular weight excluding hydrogens is 462 g/mol. The number of benzene rings is 2. The van der Waals surface area contributed by atoms with Gasteiger partial charge >= 0.3 is 5.30 Å². The van der Waals surface area contributed by atoms with Crippen LogP contribution in [0, 0.1) is 0 Å². The second-order valence-corrected chi connectivity index (χ2v) is 8.60. The van der Waals surface area contributed by atoms with Crippen molar-refractivity contribution in [2.75, 3.05) is 6.61 Å². The Balaban J connectivity index is 1.80. The summed E-state index contributed by atoms with van der Waals surface area (Å²) in [4.78, 5) is 28.1. The van der Waals surface area contributed by atoms with Crippen molar-refractivity contribution in [1.82, 2.24) is 0 Å². The van der Waals surface area contributed by atoms with Gasteiger partial charge in [-0.1, -0.05) is 46.3 Å². The molecule has 1 aliphatic rings. The molecule has 0 saturated carbocycles. The summed E-state index contributed by atoms with van der Waals surface area (Å²) < 4.78 is 12.0. The van der Waals surface area contributed by atoms with Crippen LogP contribution in [0.3, 0.4) is 0 Å². The Morgan fingerprint density at radius 3 is 2.79 bits per heavy atom.